The monoisotopic (exact) mass is 361 g/mol. The van der Waals surface area contributed by atoms with E-state index in [4.69, 9.17) is 4.74 Å². The van der Waals surface area contributed by atoms with Gasteiger partial charge >= 0.3 is 0 Å². The quantitative estimate of drug-likeness (QED) is 0.839. The average Bonchev–Trinajstić information content (AvgIpc) is 3.52. The summed E-state index contributed by atoms with van der Waals surface area (Å²) >= 11 is 0. The largest absolute Gasteiger partial charge is 0.504 e. The Labute approximate surface area is 159 Å². The predicted octanol–water partition coefficient (Wildman–Crippen LogP) is 3.91. The van der Waals surface area contributed by atoms with Gasteiger partial charge in [-0.1, -0.05) is 36.4 Å². The summed E-state index contributed by atoms with van der Waals surface area (Å²) < 4.78 is 5.19. The van der Waals surface area contributed by atoms with Gasteiger partial charge in [0, 0.05) is 30.3 Å². The summed E-state index contributed by atoms with van der Waals surface area (Å²) in [7, 11) is 1.52. The van der Waals surface area contributed by atoms with Crippen LogP contribution in [0.3, 0.4) is 0 Å². The maximum atomic E-state index is 13.1. The van der Waals surface area contributed by atoms with Crippen LogP contribution in [0.25, 0.3) is 12.2 Å². The summed E-state index contributed by atoms with van der Waals surface area (Å²) in [5.41, 5.74) is 3.51. The van der Waals surface area contributed by atoms with Crippen LogP contribution in [0.4, 0.5) is 0 Å². The van der Waals surface area contributed by atoms with Crippen molar-refractivity contribution in [3.63, 3.8) is 0 Å². The smallest absolute Gasteiger partial charge is 0.187 e. The molecule has 138 valence electrons. The lowest BCUT2D eigenvalue weighted by Crippen LogP contribution is -2.39. The van der Waals surface area contributed by atoms with E-state index in [1.165, 1.54) is 20.0 Å². The highest BCUT2D eigenvalue weighted by molar-refractivity contribution is 6.14. The number of benzene rings is 2. The van der Waals surface area contributed by atoms with Crippen LogP contribution in [0.1, 0.15) is 24.0 Å². The maximum absolute atomic E-state index is 13.1. The van der Waals surface area contributed by atoms with Gasteiger partial charge in [-0.15, -0.1) is 0 Å². The average molecular weight is 361 g/mol. The van der Waals surface area contributed by atoms with Gasteiger partial charge < -0.3 is 9.84 Å². The molecule has 1 aliphatic carbocycles. The van der Waals surface area contributed by atoms with Gasteiger partial charge in [0.2, 0.25) is 0 Å². The summed E-state index contributed by atoms with van der Waals surface area (Å²) in [5.74, 6) is 0.605. The van der Waals surface area contributed by atoms with Crippen molar-refractivity contribution in [3.8, 4) is 11.5 Å². The highest BCUT2D eigenvalue weighted by Crippen LogP contribution is 2.33. The van der Waals surface area contributed by atoms with E-state index in [0.717, 1.165) is 22.3 Å². The molecule has 0 radical (unpaired) electrons. The molecule has 2 fully saturated rings. The topological polar surface area (TPSA) is 49.8 Å². The lowest BCUT2D eigenvalue weighted by atomic mass is 9.94. The fourth-order valence-corrected chi connectivity index (χ4v) is 3.50. The number of phenolic OH excluding ortho intramolecular Hbond substituents is 1. The first-order chi connectivity index (χ1) is 13.1. The number of rotatable bonds is 4. The molecule has 0 unspecified atom stereocenters. The number of carbonyl (C=O) groups excluding carboxylic acids is 1. The Morgan fingerprint density at radius 2 is 1.67 bits per heavy atom. The van der Waals surface area contributed by atoms with E-state index in [1.54, 1.807) is 18.2 Å². The molecule has 4 heteroatoms. The Morgan fingerprint density at radius 3 is 2.30 bits per heavy atom. The Kier molecular flexibility index (Phi) is 4.82. The highest BCUT2D eigenvalue weighted by Gasteiger charge is 2.35. The van der Waals surface area contributed by atoms with Crippen molar-refractivity contribution in [2.45, 2.75) is 18.9 Å². The second-order valence-corrected chi connectivity index (χ2v) is 7.15. The van der Waals surface area contributed by atoms with E-state index in [2.05, 4.69) is 4.90 Å². The molecule has 0 aromatic heterocycles. The van der Waals surface area contributed by atoms with Gasteiger partial charge in [0.1, 0.15) is 0 Å². The number of likely N-dealkylation sites (tertiary alicyclic amines) is 1. The van der Waals surface area contributed by atoms with Crippen molar-refractivity contribution in [2.24, 2.45) is 0 Å². The van der Waals surface area contributed by atoms with E-state index in [9.17, 15) is 9.90 Å². The molecule has 1 heterocycles. The fourth-order valence-electron chi connectivity index (χ4n) is 3.50. The zero-order valence-electron chi connectivity index (χ0n) is 15.4. The standard InChI is InChI=1S/C23H23NO3/c1-27-22-13-17(7-10-21(22)25)12-19-15-24(20-8-9-20)14-18(23(19)26)11-16-5-3-2-4-6-16/h2-7,10-13,20,25H,8-9,14-15H2,1H3/b18-11+,19-12+. The van der Waals surface area contributed by atoms with Gasteiger partial charge in [0.25, 0.3) is 0 Å². The number of hydrogen-bond acceptors (Lipinski definition) is 4. The van der Waals surface area contributed by atoms with E-state index < -0.39 is 0 Å². The van der Waals surface area contributed by atoms with Crippen molar-refractivity contribution in [2.75, 3.05) is 20.2 Å². The minimum absolute atomic E-state index is 0.0962. The second kappa shape index (κ2) is 7.41. The number of ketones is 1. The van der Waals surface area contributed by atoms with E-state index >= 15 is 0 Å². The molecule has 0 amide bonds. The van der Waals surface area contributed by atoms with Crippen LogP contribution in [0, 0.1) is 0 Å². The molecule has 1 saturated heterocycles. The first kappa shape index (κ1) is 17.6. The SMILES string of the molecule is COc1cc(/C=C2\CN(C3CC3)C/C(=C\c3ccccc3)C2=O)ccc1O. The molecular formula is C23H23NO3. The number of carbonyl (C=O) groups is 1. The molecule has 2 aliphatic rings. The van der Waals surface area contributed by atoms with Gasteiger partial charge in [0.15, 0.2) is 17.3 Å². The fraction of sp³-hybridized carbons (Fsp3) is 0.261. The van der Waals surface area contributed by atoms with E-state index in [-0.39, 0.29) is 11.5 Å². The van der Waals surface area contributed by atoms with Gasteiger partial charge in [-0.25, -0.2) is 0 Å². The molecule has 4 rings (SSSR count). The second-order valence-electron chi connectivity index (χ2n) is 7.15. The summed E-state index contributed by atoms with van der Waals surface area (Å²) in [5, 5.41) is 9.79. The normalized spacial score (nSPS) is 21.0. The number of nitrogens with zero attached hydrogens (tertiary/aromatic N) is 1. The Balaban J connectivity index is 1.68. The highest BCUT2D eigenvalue weighted by atomic mass is 16.5. The third-order valence-electron chi connectivity index (χ3n) is 5.08. The van der Waals surface area contributed by atoms with Crippen LogP contribution in [-0.4, -0.2) is 42.0 Å². The van der Waals surface area contributed by atoms with Crippen molar-refractivity contribution in [1.82, 2.24) is 4.90 Å². The predicted molar refractivity (Wildman–Crippen MR) is 107 cm³/mol. The molecule has 0 atom stereocenters. The number of ether oxygens (including phenoxy) is 1. The molecule has 27 heavy (non-hydrogen) atoms. The molecule has 1 N–H and O–H groups in total. The number of aromatic hydroxyl groups is 1. The van der Waals surface area contributed by atoms with Gasteiger partial charge in [0.05, 0.1) is 7.11 Å². The number of phenols is 1. The Hall–Kier alpha value is -2.85. The zero-order valence-corrected chi connectivity index (χ0v) is 15.4. The van der Waals surface area contributed by atoms with Crippen molar-refractivity contribution < 1.29 is 14.6 Å². The molecule has 0 bridgehead atoms. The third kappa shape index (κ3) is 3.96. The first-order valence-corrected chi connectivity index (χ1v) is 9.26. The zero-order chi connectivity index (χ0) is 18.8. The number of piperidine rings is 1. The van der Waals surface area contributed by atoms with Crippen molar-refractivity contribution >= 4 is 17.9 Å². The van der Waals surface area contributed by atoms with Crippen LogP contribution < -0.4 is 4.74 Å². The van der Waals surface area contributed by atoms with Gasteiger partial charge in [-0.05, 0) is 48.3 Å². The van der Waals surface area contributed by atoms with E-state index in [1.807, 2.05) is 42.5 Å². The van der Waals surface area contributed by atoms with Gasteiger partial charge in [-0.2, -0.15) is 0 Å². The summed E-state index contributed by atoms with van der Waals surface area (Å²) in [6.45, 7) is 1.37. The number of methoxy groups -OCH3 is 1. The minimum Gasteiger partial charge on any atom is -0.504 e. The van der Waals surface area contributed by atoms with Crippen LogP contribution in [0.15, 0.2) is 59.7 Å². The Bertz CT molecular complexity index is 910. The molecule has 1 saturated carbocycles. The van der Waals surface area contributed by atoms with Crippen LogP contribution in [-0.2, 0) is 4.79 Å². The lowest BCUT2D eigenvalue weighted by molar-refractivity contribution is -0.113. The molecular weight excluding hydrogens is 338 g/mol. The molecule has 4 nitrogen and oxygen atoms in total. The number of hydrogen-bond donors (Lipinski definition) is 1. The summed E-state index contributed by atoms with van der Waals surface area (Å²) in [6.07, 6.45) is 6.32. The van der Waals surface area contributed by atoms with Crippen LogP contribution in [0.5, 0.6) is 11.5 Å². The number of Topliss-reactive ketones (excluding diaryl/α,β-unsaturated/α-hetero) is 1. The van der Waals surface area contributed by atoms with E-state index in [0.29, 0.717) is 24.9 Å². The maximum Gasteiger partial charge on any atom is 0.187 e. The van der Waals surface area contributed by atoms with Crippen LogP contribution in [0.2, 0.25) is 0 Å². The molecule has 0 spiro atoms. The minimum atomic E-state index is 0.0962. The Morgan fingerprint density at radius 1 is 1.00 bits per heavy atom. The van der Waals surface area contributed by atoms with Crippen molar-refractivity contribution in [1.29, 1.82) is 0 Å². The molecule has 2 aromatic rings. The summed E-state index contributed by atoms with van der Waals surface area (Å²) in [6, 6.07) is 15.7. The molecule has 1 aliphatic heterocycles. The van der Waals surface area contributed by atoms with Crippen LogP contribution >= 0.6 is 0 Å². The third-order valence-corrected chi connectivity index (χ3v) is 5.08. The molecule has 2 aromatic carbocycles. The van der Waals surface area contributed by atoms with Gasteiger partial charge in [-0.3, -0.25) is 9.69 Å². The van der Waals surface area contributed by atoms with Crippen molar-refractivity contribution in [3.05, 3.63) is 70.8 Å². The lowest BCUT2D eigenvalue weighted by Gasteiger charge is -2.29. The first-order valence-electron chi connectivity index (χ1n) is 9.26. The summed E-state index contributed by atoms with van der Waals surface area (Å²) in [4.78, 5) is 15.5.